The summed E-state index contributed by atoms with van der Waals surface area (Å²) < 4.78 is 39.3. The fraction of sp³-hybridized carbons (Fsp3) is 0.147. The van der Waals surface area contributed by atoms with Crippen molar-refractivity contribution in [2.45, 2.75) is 33.5 Å². The largest absolute Gasteiger partial charge is 0.498 e. The molecule has 40 heavy (non-hydrogen) atoms. The zero-order valence-electron chi connectivity index (χ0n) is 26.1. The van der Waals surface area contributed by atoms with Crippen LogP contribution in [-0.4, -0.2) is 15.0 Å². The quantitative estimate of drug-likeness (QED) is 0.171. The molecule has 4 heterocycles. The van der Waals surface area contributed by atoms with Crippen LogP contribution in [0.4, 0.5) is 0 Å². The molecule has 0 aliphatic carbocycles. The van der Waals surface area contributed by atoms with Crippen LogP contribution in [0.5, 0.6) is 0 Å². The summed E-state index contributed by atoms with van der Waals surface area (Å²) in [7, 11) is 0. The number of thiazole rings is 1. The third-order valence-corrected chi connectivity index (χ3v) is 7.35. The molecule has 7 aromatic rings. The Balaban J connectivity index is 0.000000248. The van der Waals surface area contributed by atoms with Gasteiger partial charge in [0.1, 0.15) is 11.1 Å². The number of hydrogen-bond acceptors (Lipinski definition) is 5. The van der Waals surface area contributed by atoms with Crippen molar-refractivity contribution in [1.29, 1.82) is 0 Å². The minimum atomic E-state index is -2.34. The van der Waals surface area contributed by atoms with E-state index in [1.807, 2.05) is 67.6 Å². The van der Waals surface area contributed by atoms with Crippen LogP contribution in [0.15, 0.2) is 89.6 Å². The smallest absolute Gasteiger partial charge is 0.148 e. The van der Waals surface area contributed by atoms with E-state index in [1.165, 1.54) is 6.20 Å². The predicted octanol–water partition coefficient (Wildman–Crippen LogP) is 9.34. The summed E-state index contributed by atoms with van der Waals surface area (Å²) in [5.74, 6) is -1.10. The van der Waals surface area contributed by atoms with Crippen molar-refractivity contribution in [3.63, 3.8) is 0 Å². The first-order valence-electron chi connectivity index (χ1n) is 14.5. The molecule has 3 aromatic carbocycles. The molecule has 0 atom stereocenters. The molecule has 1 radical (unpaired) electrons. The monoisotopic (exact) mass is 722 g/mol. The second kappa shape index (κ2) is 11.8. The number of nitrogens with zero attached hydrogens (tertiary/aromatic N) is 3. The van der Waals surface area contributed by atoms with Crippen molar-refractivity contribution in [3.05, 3.63) is 113 Å². The Kier molecular flexibility index (Phi) is 6.80. The molecule has 0 aliphatic heterocycles. The van der Waals surface area contributed by atoms with Crippen molar-refractivity contribution in [2.75, 3.05) is 0 Å². The Bertz CT molecular complexity index is 2030. The molecule has 201 valence electrons. The summed E-state index contributed by atoms with van der Waals surface area (Å²) in [4.78, 5) is 13.3. The van der Waals surface area contributed by atoms with Gasteiger partial charge in [-0.3, -0.25) is 0 Å². The molecule has 0 saturated heterocycles. The standard InChI is InChI=1S/C23H19N2OS.C11H8N.Ir/c1-12(2)18-10-19(24-11-13(18)3)17-7-5-6-15-16-8-9-20-21(25-14(4)27-20)23(16)26-22(15)17;1-2-6-10(7-3-1)11-8-4-5-9-12-11;/h5-6,8-12H,1-4H3;1-6,8-9H;/q2*-1;/i3D3,12D;;. The molecule has 0 amide bonds. The molecule has 4 nitrogen and oxygen atoms in total. The molecular formula is C34H27IrN3OS-2. The average Bonchev–Trinajstić information content (AvgIpc) is 3.57. The fourth-order valence-corrected chi connectivity index (χ4v) is 5.40. The van der Waals surface area contributed by atoms with Crippen LogP contribution in [0.3, 0.4) is 0 Å². The topological polar surface area (TPSA) is 51.8 Å². The minimum Gasteiger partial charge on any atom is -0.498 e. The van der Waals surface area contributed by atoms with Crippen LogP contribution in [-0.2, 0) is 20.1 Å². The van der Waals surface area contributed by atoms with E-state index in [0.717, 1.165) is 42.8 Å². The van der Waals surface area contributed by atoms with Gasteiger partial charge in [0.05, 0.1) is 15.3 Å². The Morgan fingerprint density at radius 3 is 2.52 bits per heavy atom. The summed E-state index contributed by atoms with van der Waals surface area (Å²) >= 11 is 1.62. The first-order chi connectivity index (χ1) is 20.5. The van der Waals surface area contributed by atoms with E-state index in [4.69, 9.17) is 9.90 Å². The van der Waals surface area contributed by atoms with Crippen LogP contribution in [0.25, 0.3) is 54.7 Å². The van der Waals surface area contributed by atoms with E-state index in [2.05, 4.69) is 33.2 Å². The molecule has 0 aliphatic rings. The summed E-state index contributed by atoms with van der Waals surface area (Å²) in [6, 6.07) is 29.5. The molecular weight excluding hydrogens is 691 g/mol. The van der Waals surface area contributed by atoms with Gasteiger partial charge in [0, 0.05) is 43.4 Å². The van der Waals surface area contributed by atoms with Crippen LogP contribution in [0.2, 0.25) is 0 Å². The van der Waals surface area contributed by atoms with Crippen molar-refractivity contribution in [2.24, 2.45) is 0 Å². The van der Waals surface area contributed by atoms with Gasteiger partial charge in [0.2, 0.25) is 0 Å². The number of fused-ring (bicyclic) bond motifs is 5. The number of hydrogen-bond donors (Lipinski definition) is 0. The van der Waals surface area contributed by atoms with Gasteiger partial charge in [-0.2, -0.15) is 0 Å². The minimum absolute atomic E-state index is 0. The number of pyridine rings is 2. The van der Waals surface area contributed by atoms with Crippen molar-refractivity contribution < 1.29 is 30.0 Å². The summed E-state index contributed by atoms with van der Waals surface area (Å²) in [5, 5.41) is 2.85. The zero-order chi connectivity index (χ0) is 30.4. The van der Waals surface area contributed by atoms with Gasteiger partial charge in [-0.1, -0.05) is 49.1 Å². The van der Waals surface area contributed by atoms with Gasteiger partial charge in [-0.15, -0.1) is 65.4 Å². The van der Waals surface area contributed by atoms with E-state index in [0.29, 0.717) is 22.4 Å². The molecule has 0 unspecified atom stereocenters. The number of benzene rings is 3. The second-order valence-electron chi connectivity index (χ2n) is 9.33. The molecule has 0 N–H and O–H groups in total. The van der Waals surface area contributed by atoms with Crippen LogP contribution >= 0.6 is 11.3 Å². The van der Waals surface area contributed by atoms with Gasteiger partial charge >= 0.3 is 0 Å². The second-order valence-corrected chi connectivity index (χ2v) is 10.6. The zero-order valence-corrected chi connectivity index (χ0v) is 25.3. The SMILES string of the molecule is [2H]C([2H])([2H])c1cnc(-c2[c-]ccc3c2oc2c3ccc3sc(C)nc32)cc1C([2H])(C)C.[Ir].[c-]1ccccc1-c1ccccn1. The Morgan fingerprint density at radius 2 is 1.77 bits per heavy atom. The predicted molar refractivity (Wildman–Crippen MR) is 161 cm³/mol. The average molecular weight is 722 g/mol. The Labute approximate surface area is 257 Å². The van der Waals surface area contributed by atoms with Crippen LogP contribution < -0.4 is 0 Å². The number of aryl methyl sites for hydroxylation is 2. The fourth-order valence-electron chi connectivity index (χ4n) is 4.57. The third-order valence-electron chi connectivity index (χ3n) is 6.41. The maximum absolute atomic E-state index is 8.48. The van der Waals surface area contributed by atoms with E-state index in [-0.39, 0.29) is 25.7 Å². The van der Waals surface area contributed by atoms with Gasteiger partial charge < -0.3 is 14.4 Å². The van der Waals surface area contributed by atoms with Gasteiger partial charge in [-0.05, 0) is 54.3 Å². The summed E-state index contributed by atoms with van der Waals surface area (Å²) in [5.41, 5.74) is 5.85. The van der Waals surface area contributed by atoms with Gasteiger partial charge in [0.25, 0.3) is 0 Å². The normalized spacial score (nSPS) is 13.1. The van der Waals surface area contributed by atoms with E-state index in [1.54, 1.807) is 37.4 Å². The molecule has 4 aromatic heterocycles. The number of rotatable bonds is 3. The van der Waals surface area contributed by atoms with Crippen molar-refractivity contribution in [1.82, 2.24) is 15.0 Å². The van der Waals surface area contributed by atoms with Crippen LogP contribution in [0, 0.1) is 25.9 Å². The molecule has 6 heteroatoms. The van der Waals surface area contributed by atoms with E-state index >= 15 is 0 Å². The molecule has 0 fully saturated rings. The molecule has 0 spiro atoms. The molecule has 0 bridgehead atoms. The Hall–Kier alpha value is -3.70. The maximum Gasteiger partial charge on any atom is 0.148 e. The van der Waals surface area contributed by atoms with Gasteiger partial charge in [0.15, 0.2) is 0 Å². The van der Waals surface area contributed by atoms with E-state index in [9.17, 15) is 0 Å². The summed E-state index contributed by atoms with van der Waals surface area (Å²) in [6.45, 7) is 2.98. The van der Waals surface area contributed by atoms with Gasteiger partial charge in [-0.25, -0.2) is 4.98 Å². The first kappa shape index (κ1) is 23.0. The maximum atomic E-state index is 8.48. The van der Waals surface area contributed by atoms with Crippen LogP contribution in [0.1, 0.15) is 41.4 Å². The van der Waals surface area contributed by atoms with E-state index < -0.39 is 12.7 Å². The van der Waals surface area contributed by atoms with Crippen molar-refractivity contribution >= 4 is 43.5 Å². The Morgan fingerprint density at radius 1 is 0.925 bits per heavy atom. The first-order valence-corrected chi connectivity index (χ1v) is 13.3. The summed E-state index contributed by atoms with van der Waals surface area (Å²) in [6.07, 6.45) is 3.14. The number of aromatic nitrogens is 3. The molecule has 0 saturated carbocycles. The number of furan rings is 1. The third kappa shape index (κ3) is 5.35. The van der Waals surface area contributed by atoms with Crippen molar-refractivity contribution in [3.8, 4) is 22.5 Å². The molecule has 7 rings (SSSR count).